The van der Waals surface area contributed by atoms with E-state index in [1.807, 2.05) is 30.3 Å². The molecule has 1 aliphatic rings. The molecule has 0 fully saturated rings. The molecule has 0 radical (unpaired) electrons. The molecule has 9 heteroatoms. The van der Waals surface area contributed by atoms with Crippen LogP contribution in [0.25, 0.3) is 5.69 Å². The monoisotopic (exact) mass is 422 g/mol. The highest BCUT2D eigenvalue weighted by Crippen LogP contribution is 2.24. The second-order valence-electron chi connectivity index (χ2n) is 6.73. The molecule has 2 aromatic carbocycles. The third kappa shape index (κ3) is 4.55. The van der Waals surface area contributed by atoms with Crippen molar-refractivity contribution in [3.63, 3.8) is 0 Å². The highest BCUT2D eigenvalue weighted by atomic mass is 35.5. The Bertz CT molecular complexity index is 1080. The molecule has 152 valence electrons. The minimum atomic E-state index is -0.293. The lowest BCUT2D eigenvalue weighted by Gasteiger charge is -2.13. The normalized spacial score (nSPS) is 13.2. The molecule has 0 aliphatic carbocycles. The van der Waals surface area contributed by atoms with Crippen molar-refractivity contribution in [2.45, 2.75) is 19.3 Å². The van der Waals surface area contributed by atoms with Gasteiger partial charge in [0.2, 0.25) is 11.8 Å². The Balaban J connectivity index is 1.36. The third-order valence-electron chi connectivity index (χ3n) is 4.66. The Morgan fingerprint density at radius 2 is 1.93 bits per heavy atom. The Morgan fingerprint density at radius 3 is 2.70 bits per heavy atom. The molecule has 1 aromatic heterocycles. The van der Waals surface area contributed by atoms with Crippen molar-refractivity contribution in [1.82, 2.24) is 19.8 Å². The van der Waals surface area contributed by atoms with E-state index in [1.54, 1.807) is 18.2 Å². The number of halogens is 1. The van der Waals surface area contributed by atoms with Crippen molar-refractivity contribution in [1.29, 1.82) is 0 Å². The van der Waals surface area contributed by atoms with E-state index >= 15 is 0 Å². The fourth-order valence-electron chi connectivity index (χ4n) is 3.17. The topological polar surface area (TPSA) is 92.5 Å². The van der Waals surface area contributed by atoms with Crippen LogP contribution in [0.15, 0.2) is 66.3 Å². The van der Waals surface area contributed by atoms with Gasteiger partial charge in [-0.1, -0.05) is 41.9 Å². The highest BCUT2D eigenvalue weighted by molar-refractivity contribution is 6.31. The zero-order valence-electron chi connectivity index (χ0n) is 16.0. The number of anilines is 1. The molecule has 3 aromatic rings. The second-order valence-corrected chi connectivity index (χ2v) is 7.17. The van der Waals surface area contributed by atoms with Gasteiger partial charge in [-0.25, -0.2) is 14.7 Å². The summed E-state index contributed by atoms with van der Waals surface area (Å²) in [7, 11) is 0. The van der Waals surface area contributed by atoms with Crippen LogP contribution < -0.4 is 5.32 Å². The lowest BCUT2D eigenvalue weighted by Crippen LogP contribution is -2.25. The quantitative estimate of drug-likeness (QED) is 0.659. The van der Waals surface area contributed by atoms with Gasteiger partial charge in [-0.05, 0) is 23.8 Å². The molecule has 1 N–H and O–H groups in total. The van der Waals surface area contributed by atoms with Crippen LogP contribution in [0, 0.1) is 0 Å². The maximum absolute atomic E-state index is 12.5. The van der Waals surface area contributed by atoms with E-state index in [1.165, 1.54) is 22.3 Å². The van der Waals surface area contributed by atoms with Gasteiger partial charge in [0.25, 0.3) is 0 Å². The summed E-state index contributed by atoms with van der Waals surface area (Å²) in [5.41, 5.74) is 3.01. The second kappa shape index (κ2) is 8.87. The maximum Gasteiger partial charge on any atom is 0.243 e. The molecule has 2 amide bonds. The summed E-state index contributed by atoms with van der Waals surface area (Å²) in [5.74, 6) is -0.475. The summed E-state index contributed by atoms with van der Waals surface area (Å²) in [4.78, 5) is 28.8. The summed E-state index contributed by atoms with van der Waals surface area (Å²) in [6.07, 6.45) is 3.73. The van der Waals surface area contributed by atoms with Crippen LogP contribution >= 0.6 is 11.6 Å². The number of hydrogen-bond acceptors (Lipinski definition) is 5. The average molecular weight is 423 g/mol. The number of carbonyl (C=O) groups is 2. The van der Waals surface area contributed by atoms with Crippen molar-refractivity contribution < 1.29 is 9.59 Å². The predicted octanol–water partition coefficient (Wildman–Crippen LogP) is 3.28. The molecule has 0 spiro atoms. The van der Waals surface area contributed by atoms with E-state index in [0.29, 0.717) is 29.4 Å². The largest absolute Gasteiger partial charge is 0.324 e. The molecule has 4 rings (SSSR count). The van der Waals surface area contributed by atoms with E-state index < -0.39 is 0 Å². The smallest absolute Gasteiger partial charge is 0.243 e. The molecular weight excluding hydrogens is 404 g/mol. The van der Waals surface area contributed by atoms with Crippen LogP contribution in [0.4, 0.5) is 5.69 Å². The van der Waals surface area contributed by atoms with E-state index in [2.05, 4.69) is 20.5 Å². The minimum Gasteiger partial charge on any atom is -0.324 e. The number of amides is 2. The number of aromatic nitrogens is 3. The van der Waals surface area contributed by atoms with Crippen LogP contribution in [0.2, 0.25) is 5.02 Å². The van der Waals surface area contributed by atoms with Crippen molar-refractivity contribution >= 4 is 34.8 Å². The Morgan fingerprint density at radius 1 is 1.10 bits per heavy atom. The van der Waals surface area contributed by atoms with E-state index in [0.717, 1.165) is 11.3 Å². The molecule has 0 atom stereocenters. The number of benzene rings is 2. The average Bonchev–Trinajstić information content (AvgIpc) is 3.45. The Labute approximate surface area is 178 Å². The number of nitrogens with zero attached hydrogens (tertiary/aromatic N) is 5. The minimum absolute atomic E-state index is 0.0365. The van der Waals surface area contributed by atoms with Gasteiger partial charge in [0.15, 0.2) is 0 Å². The first kappa shape index (κ1) is 19.8. The van der Waals surface area contributed by atoms with Crippen molar-refractivity contribution in [3.05, 3.63) is 71.8 Å². The van der Waals surface area contributed by atoms with Gasteiger partial charge < -0.3 is 5.32 Å². The van der Waals surface area contributed by atoms with E-state index in [4.69, 9.17) is 11.6 Å². The first-order chi connectivity index (χ1) is 14.6. The maximum atomic E-state index is 12.5. The number of nitrogens with one attached hydrogen (secondary N) is 1. The highest BCUT2D eigenvalue weighted by Gasteiger charge is 2.22. The van der Waals surface area contributed by atoms with Crippen LogP contribution in [0.5, 0.6) is 0 Å². The van der Waals surface area contributed by atoms with Gasteiger partial charge in [0.05, 0.1) is 23.6 Å². The van der Waals surface area contributed by atoms with Crippen LogP contribution in [-0.2, 0) is 9.59 Å². The van der Waals surface area contributed by atoms with Crippen LogP contribution in [-0.4, -0.2) is 43.8 Å². The molecule has 30 heavy (non-hydrogen) atoms. The molecule has 0 bridgehead atoms. The van der Waals surface area contributed by atoms with Gasteiger partial charge in [0.1, 0.15) is 12.7 Å². The molecule has 0 unspecified atom stereocenters. The zero-order chi connectivity index (χ0) is 20.9. The van der Waals surface area contributed by atoms with Gasteiger partial charge in [-0.3, -0.25) is 9.59 Å². The van der Waals surface area contributed by atoms with Crippen LogP contribution in [0.1, 0.15) is 24.8 Å². The molecule has 1 aliphatic heterocycles. The van der Waals surface area contributed by atoms with Gasteiger partial charge in [0, 0.05) is 24.3 Å². The summed E-state index contributed by atoms with van der Waals surface area (Å²) < 4.78 is 1.53. The van der Waals surface area contributed by atoms with Gasteiger partial charge in [-0.15, -0.1) is 0 Å². The van der Waals surface area contributed by atoms with Gasteiger partial charge in [-0.2, -0.15) is 10.2 Å². The standard InChI is InChI=1S/C21H19ClN6O2/c22-16-6-7-19(28-14-23-13-24-28)18(12-16)25-20(29)8-9-21(30)27-11-10-17(26-27)15-4-2-1-3-5-15/h1-7,12-14H,8-11H2,(H,25,29). The molecule has 0 saturated heterocycles. The van der Waals surface area contributed by atoms with Crippen LogP contribution in [0.3, 0.4) is 0 Å². The first-order valence-electron chi connectivity index (χ1n) is 9.48. The number of carbonyl (C=O) groups excluding carboxylic acids is 2. The molecule has 0 saturated carbocycles. The number of hydrogen-bond donors (Lipinski definition) is 1. The zero-order valence-corrected chi connectivity index (χ0v) is 16.8. The van der Waals surface area contributed by atoms with E-state index in [9.17, 15) is 9.59 Å². The molecule has 2 heterocycles. The Kier molecular flexibility index (Phi) is 5.85. The van der Waals surface area contributed by atoms with Crippen molar-refractivity contribution in [3.8, 4) is 5.69 Å². The fourth-order valence-corrected chi connectivity index (χ4v) is 3.35. The molecule has 8 nitrogen and oxygen atoms in total. The summed E-state index contributed by atoms with van der Waals surface area (Å²) >= 11 is 6.07. The molecular formula is C21H19ClN6O2. The van der Waals surface area contributed by atoms with E-state index in [-0.39, 0.29) is 24.7 Å². The summed E-state index contributed by atoms with van der Waals surface area (Å²) in [6.45, 7) is 0.523. The van der Waals surface area contributed by atoms with Crippen molar-refractivity contribution in [2.75, 3.05) is 11.9 Å². The summed E-state index contributed by atoms with van der Waals surface area (Å²) in [5, 5.41) is 13.2. The number of hydrazone groups is 1. The predicted molar refractivity (Wildman–Crippen MR) is 114 cm³/mol. The van der Waals surface area contributed by atoms with Gasteiger partial charge >= 0.3 is 0 Å². The first-order valence-corrected chi connectivity index (χ1v) is 9.85. The number of rotatable bonds is 6. The SMILES string of the molecule is O=C(CCC(=O)N1CCC(c2ccccc2)=N1)Nc1cc(Cl)ccc1-n1cncn1. The Hall–Kier alpha value is -3.52. The summed E-state index contributed by atoms with van der Waals surface area (Å²) in [6, 6.07) is 14.8. The third-order valence-corrected chi connectivity index (χ3v) is 4.90. The fraction of sp³-hybridized carbons (Fsp3) is 0.190. The lowest BCUT2D eigenvalue weighted by molar-refractivity contribution is -0.132. The van der Waals surface area contributed by atoms with Crippen molar-refractivity contribution in [2.24, 2.45) is 5.10 Å². The lowest BCUT2D eigenvalue weighted by atomic mass is 10.1.